The van der Waals surface area contributed by atoms with Crippen LogP contribution in [-0.4, -0.2) is 12.5 Å². The van der Waals surface area contributed by atoms with Gasteiger partial charge in [0.25, 0.3) is 0 Å². The SMILES string of the molecule is O=C(CCOc1ccc(F)cc1)Nc1cc(Cl)ccc1Cl. The third-order valence-electron chi connectivity index (χ3n) is 2.61. The molecule has 0 unspecified atom stereocenters. The van der Waals surface area contributed by atoms with Crippen molar-refractivity contribution >= 4 is 34.8 Å². The van der Waals surface area contributed by atoms with E-state index < -0.39 is 0 Å². The number of ether oxygens (including phenoxy) is 1. The van der Waals surface area contributed by atoms with Crippen molar-refractivity contribution in [3.63, 3.8) is 0 Å². The number of carbonyl (C=O) groups excluding carboxylic acids is 1. The molecule has 2 aromatic rings. The van der Waals surface area contributed by atoms with Crippen molar-refractivity contribution in [3.05, 3.63) is 58.3 Å². The van der Waals surface area contributed by atoms with E-state index >= 15 is 0 Å². The Morgan fingerprint density at radius 2 is 1.86 bits per heavy atom. The second-order valence-corrected chi connectivity index (χ2v) is 5.07. The van der Waals surface area contributed by atoms with Gasteiger partial charge in [0.05, 0.1) is 23.7 Å². The fourth-order valence-electron chi connectivity index (χ4n) is 1.60. The van der Waals surface area contributed by atoms with Crippen LogP contribution in [-0.2, 0) is 4.79 Å². The average Bonchev–Trinajstić information content (AvgIpc) is 2.45. The normalized spacial score (nSPS) is 10.2. The summed E-state index contributed by atoms with van der Waals surface area (Å²) >= 11 is 11.8. The molecule has 6 heteroatoms. The summed E-state index contributed by atoms with van der Waals surface area (Å²) < 4.78 is 18.0. The number of benzene rings is 2. The zero-order valence-corrected chi connectivity index (χ0v) is 12.4. The molecule has 0 aliphatic heterocycles. The van der Waals surface area contributed by atoms with E-state index in [4.69, 9.17) is 27.9 Å². The van der Waals surface area contributed by atoms with Crippen molar-refractivity contribution in [1.82, 2.24) is 0 Å². The smallest absolute Gasteiger partial charge is 0.227 e. The maximum atomic E-state index is 12.7. The Labute approximate surface area is 131 Å². The molecule has 1 amide bonds. The van der Waals surface area contributed by atoms with E-state index in [1.165, 1.54) is 24.3 Å². The van der Waals surface area contributed by atoms with Crippen molar-refractivity contribution in [1.29, 1.82) is 0 Å². The van der Waals surface area contributed by atoms with Crippen LogP contribution in [0.5, 0.6) is 5.75 Å². The lowest BCUT2D eigenvalue weighted by atomic mass is 10.3. The number of rotatable bonds is 5. The van der Waals surface area contributed by atoms with Gasteiger partial charge >= 0.3 is 0 Å². The van der Waals surface area contributed by atoms with Crippen LogP contribution in [0.4, 0.5) is 10.1 Å². The van der Waals surface area contributed by atoms with E-state index in [1.807, 2.05) is 0 Å². The van der Waals surface area contributed by atoms with Crippen LogP contribution < -0.4 is 10.1 Å². The molecule has 110 valence electrons. The highest BCUT2D eigenvalue weighted by Crippen LogP contribution is 2.25. The van der Waals surface area contributed by atoms with E-state index in [-0.39, 0.29) is 24.8 Å². The zero-order chi connectivity index (χ0) is 15.2. The van der Waals surface area contributed by atoms with Crippen LogP contribution in [0.1, 0.15) is 6.42 Å². The molecular weight excluding hydrogens is 316 g/mol. The Kier molecular flexibility index (Phi) is 5.42. The van der Waals surface area contributed by atoms with Crippen LogP contribution in [0, 0.1) is 5.82 Å². The molecule has 2 aromatic carbocycles. The largest absolute Gasteiger partial charge is 0.493 e. The molecule has 0 spiro atoms. The van der Waals surface area contributed by atoms with Gasteiger partial charge in [0.2, 0.25) is 5.91 Å². The molecule has 0 aliphatic rings. The van der Waals surface area contributed by atoms with Crippen LogP contribution in [0.15, 0.2) is 42.5 Å². The van der Waals surface area contributed by atoms with Crippen molar-refractivity contribution in [3.8, 4) is 5.75 Å². The topological polar surface area (TPSA) is 38.3 Å². The third-order valence-corrected chi connectivity index (χ3v) is 3.18. The number of amides is 1. The Morgan fingerprint density at radius 1 is 1.14 bits per heavy atom. The predicted molar refractivity (Wildman–Crippen MR) is 81.6 cm³/mol. The van der Waals surface area contributed by atoms with Crippen LogP contribution in [0.25, 0.3) is 0 Å². The fourth-order valence-corrected chi connectivity index (χ4v) is 1.94. The minimum absolute atomic E-state index is 0.139. The van der Waals surface area contributed by atoms with Crippen LogP contribution in [0.2, 0.25) is 10.0 Å². The summed E-state index contributed by atoms with van der Waals surface area (Å²) in [6.07, 6.45) is 0.139. The molecule has 0 fully saturated rings. The van der Waals surface area contributed by atoms with Crippen LogP contribution >= 0.6 is 23.2 Å². The van der Waals surface area contributed by atoms with E-state index in [1.54, 1.807) is 18.2 Å². The summed E-state index contributed by atoms with van der Waals surface area (Å²) in [5.74, 6) is -0.0815. The predicted octanol–water partition coefficient (Wildman–Crippen LogP) is 4.54. The maximum absolute atomic E-state index is 12.7. The van der Waals surface area contributed by atoms with Gasteiger partial charge < -0.3 is 10.1 Å². The van der Waals surface area contributed by atoms with Gasteiger partial charge in [-0.2, -0.15) is 0 Å². The zero-order valence-electron chi connectivity index (χ0n) is 10.9. The summed E-state index contributed by atoms with van der Waals surface area (Å²) in [7, 11) is 0. The Bertz CT molecular complexity index is 632. The first-order chi connectivity index (χ1) is 10.0. The van der Waals surface area contributed by atoms with Gasteiger partial charge in [0, 0.05) is 5.02 Å². The summed E-state index contributed by atoms with van der Waals surface area (Å²) in [5.41, 5.74) is 0.455. The molecule has 21 heavy (non-hydrogen) atoms. The number of hydrogen-bond donors (Lipinski definition) is 1. The lowest BCUT2D eigenvalue weighted by Gasteiger charge is -2.09. The molecule has 0 aromatic heterocycles. The Morgan fingerprint density at radius 3 is 2.57 bits per heavy atom. The minimum atomic E-state index is -0.337. The van der Waals surface area contributed by atoms with Gasteiger partial charge in [-0.05, 0) is 42.5 Å². The van der Waals surface area contributed by atoms with Gasteiger partial charge in [-0.3, -0.25) is 4.79 Å². The summed E-state index contributed by atoms with van der Waals surface area (Å²) in [6.45, 7) is 0.176. The third kappa shape index (κ3) is 4.92. The number of hydrogen-bond acceptors (Lipinski definition) is 2. The standard InChI is InChI=1S/C15H12Cl2FNO2/c16-10-1-6-13(17)14(9-10)19-15(20)7-8-21-12-4-2-11(18)3-5-12/h1-6,9H,7-8H2,(H,19,20). The lowest BCUT2D eigenvalue weighted by molar-refractivity contribution is -0.116. The summed E-state index contributed by atoms with van der Waals surface area (Å²) in [4.78, 5) is 11.8. The van der Waals surface area contributed by atoms with Gasteiger partial charge in [-0.1, -0.05) is 23.2 Å². The number of carbonyl (C=O) groups is 1. The lowest BCUT2D eigenvalue weighted by Crippen LogP contribution is -2.15. The van der Waals surface area contributed by atoms with Gasteiger partial charge in [-0.15, -0.1) is 0 Å². The van der Waals surface area contributed by atoms with Crippen molar-refractivity contribution in [2.24, 2.45) is 0 Å². The Balaban J connectivity index is 1.82. The summed E-state index contributed by atoms with van der Waals surface area (Å²) in [5, 5.41) is 3.54. The molecule has 1 N–H and O–H groups in total. The molecule has 0 atom stereocenters. The van der Waals surface area contributed by atoms with E-state index in [2.05, 4.69) is 5.32 Å². The average molecular weight is 328 g/mol. The molecule has 0 aliphatic carbocycles. The fraction of sp³-hybridized carbons (Fsp3) is 0.133. The van der Waals surface area contributed by atoms with Crippen molar-refractivity contribution in [2.45, 2.75) is 6.42 Å². The van der Waals surface area contributed by atoms with Crippen LogP contribution in [0.3, 0.4) is 0 Å². The first kappa shape index (κ1) is 15.6. The first-order valence-electron chi connectivity index (χ1n) is 6.18. The molecule has 0 saturated carbocycles. The second-order valence-electron chi connectivity index (χ2n) is 4.22. The Hall–Kier alpha value is -1.78. The second kappa shape index (κ2) is 7.29. The van der Waals surface area contributed by atoms with Crippen molar-refractivity contribution in [2.75, 3.05) is 11.9 Å². The molecule has 0 radical (unpaired) electrons. The highest BCUT2D eigenvalue weighted by molar-refractivity contribution is 6.35. The molecule has 2 rings (SSSR count). The quantitative estimate of drug-likeness (QED) is 0.875. The maximum Gasteiger partial charge on any atom is 0.227 e. The molecule has 3 nitrogen and oxygen atoms in total. The van der Waals surface area contributed by atoms with E-state index in [9.17, 15) is 9.18 Å². The van der Waals surface area contributed by atoms with E-state index in [0.29, 0.717) is 21.5 Å². The number of nitrogens with one attached hydrogen (secondary N) is 1. The monoisotopic (exact) mass is 327 g/mol. The van der Waals surface area contributed by atoms with E-state index in [0.717, 1.165) is 0 Å². The van der Waals surface area contributed by atoms with Gasteiger partial charge in [0.15, 0.2) is 0 Å². The van der Waals surface area contributed by atoms with Gasteiger partial charge in [0.1, 0.15) is 11.6 Å². The van der Waals surface area contributed by atoms with Crippen molar-refractivity contribution < 1.29 is 13.9 Å². The molecule has 0 saturated heterocycles. The highest BCUT2D eigenvalue weighted by atomic mass is 35.5. The first-order valence-corrected chi connectivity index (χ1v) is 6.93. The van der Waals surface area contributed by atoms with Gasteiger partial charge in [-0.25, -0.2) is 4.39 Å². The molecule has 0 bridgehead atoms. The minimum Gasteiger partial charge on any atom is -0.493 e. The highest BCUT2D eigenvalue weighted by Gasteiger charge is 2.07. The number of anilines is 1. The summed E-state index contributed by atoms with van der Waals surface area (Å²) in [6, 6.07) is 10.4. The molecular formula is C15H12Cl2FNO2. The molecule has 0 heterocycles. The number of halogens is 3.